The van der Waals surface area contributed by atoms with Gasteiger partial charge in [0.2, 0.25) is 0 Å². The van der Waals surface area contributed by atoms with E-state index in [9.17, 15) is 4.79 Å². The number of hydrogen-bond acceptors (Lipinski definition) is 3. The fraction of sp³-hybridized carbons (Fsp3) is 0.357. The van der Waals surface area contributed by atoms with Crippen molar-refractivity contribution in [2.24, 2.45) is 0 Å². The zero-order chi connectivity index (χ0) is 12.7. The van der Waals surface area contributed by atoms with Crippen LogP contribution < -0.4 is 9.47 Å². The van der Waals surface area contributed by atoms with Gasteiger partial charge in [-0.1, -0.05) is 25.1 Å². The zero-order valence-corrected chi connectivity index (χ0v) is 10.5. The number of esters is 1. The standard InChI is InChI=1S/C14H18O3/c1-4-8-11(3)14(15)17-13-10-7-6-9-12(13)16-5-2/h6-10H,4-5H2,1-3H3. The molecule has 3 heteroatoms. The third-order valence-corrected chi connectivity index (χ3v) is 2.18. The van der Waals surface area contributed by atoms with Gasteiger partial charge in [0.05, 0.1) is 6.61 Å². The largest absolute Gasteiger partial charge is 0.490 e. The molecule has 0 heterocycles. The Kier molecular flexibility index (Phi) is 5.27. The van der Waals surface area contributed by atoms with Gasteiger partial charge in [-0.3, -0.25) is 0 Å². The summed E-state index contributed by atoms with van der Waals surface area (Å²) in [5.41, 5.74) is 0.610. The van der Waals surface area contributed by atoms with Gasteiger partial charge in [-0.25, -0.2) is 4.79 Å². The summed E-state index contributed by atoms with van der Waals surface area (Å²) in [4.78, 5) is 11.7. The van der Waals surface area contributed by atoms with E-state index in [0.29, 0.717) is 23.7 Å². The van der Waals surface area contributed by atoms with E-state index in [1.54, 1.807) is 19.1 Å². The first-order chi connectivity index (χ1) is 8.19. The minimum Gasteiger partial charge on any atom is -0.490 e. The summed E-state index contributed by atoms with van der Waals surface area (Å²) in [6.45, 7) is 6.15. The molecule has 0 unspecified atom stereocenters. The van der Waals surface area contributed by atoms with Crippen molar-refractivity contribution in [2.75, 3.05) is 6.61 Å². The van der Waals surface area contributed by atoms with E-state index in [2.05, 4.69) is 0 Å². The van der Waals surface area contributed by atoms with Gasteiger partial charge in [0.15, 0.2) is 11.5 Å². The molecule has 17 heavy (non-hydrogen) atoms. The number of carbonyl (C=O) groups excluding carboxylic acids is 1. The summed E-state index contributed by atoms with van der Waals surface area (Å²) in [6, 6.07) is 7.16. The van der Waals surface area contributed by atoms with Crippen LogP contribution in [0, 0.1) is 0 Å². The molecule has 1 rings (SSSR count). The van der Waals surface area contributed by atoms with E-state index in [0.717, 1.165) is 6.42 Å². The lowest BCUT2D eigenvalue weighted by molar-refractivity contribution is -0.130. The predicted molar refractivity (Wildman–Crippen MR) is 67.3 cm³/mol. The zero-order valence-electron chi connectivity index (χ0n) is 10.5. The first-order valence-electron chi connectivity index (χ1n) is 5.79. The molecule has 0 radical (unpaired) electrons. The average molecular weight is 234 g/mol. The highest BCUT2D eigenvalue weighted by molar-refractivity contribution is 5.89. The van der Waals surface area contributed by atoms with E-state index in [-0.39, 0.29) is 5.97 Å². The van der Waals surface area contributed by atoms with Gasteiger partial charge in [0.1, 0.15) is 0 Å². The Morgan fingerprint density at radius 1 is 1.24 bits per heavy atom. The summed E-state index contributed by atoms with van der Waals surface area (Å²) >= 11 is 0. The Morgan fingerprint density at radius 3 is 2.47 bits per heavy atom. The molecule has 3 nitrogen and oxygen atoms in total. The van der Waals surface area contributed by atoms with Gasteiger partial charge in [0, 0.05) is 5.57 Å². The van der Waals surface area contributed by atoms with Gasteiger partial charge in [-0.05, 0) is 32.4 Å². The molecule has 0 N–H and O–H groups in total. The van der Waals surface area contributed by atoms with Gasteiger partial charge in [0.25, 0.3) is 0 Å². The van der Waals surface area contributed by atoms with E-state index in [1.165, 1.54) is 0 Å². The molecule has 1 aromatic carbocycles. The van der Waals surface area contributed by atoms with Gasteiger partial charge in [-0.15, -0.1) is 0 Å². The summed E-state index contributed by atoms with van der Waals surface area (Å²) in [6.07, 6.45) is 2.65. The molecule has 0 bridgehead atoms. The monoisotopic (exact) mass is 234 g/mol. The maximum atomic E-state index is 11.7. The molecule has 0 aromatic heterocycles. The topological polar surface area (TPSA) is 35.5 Å². The highest BCUT2D eigenvalue weighted by Gasteiger charge is 2.10. The molecule has 0 amide bonds. The van der Waals surface area contributed by atoms with Crippen LogP contribution in [0.1, 0.15) is 27.2 Å². The minimum absolute atomic E-state index is 0.334. The van der Waals surface area contributed by atoms with Crippen LogP contribution in [0.15, 0.2) is 35.9 Å². The summed E-state index contributed by atoms with van der Waals surface area (Å²) in [5, 5.41) is 0. The number of benzene rings is 1. The third kappa shape index (κ3) is 3.94. The molecule has 1 aromatic rings. The lowest BCUT2D eigenvalue weighted by Gasteiger charge is -2.10. The maximum Gasteiger partial charge on any atom is 0.338 e. The Balaban J connectivity index is 2.81. The molecule has 0 saturated heterocycles. The van der Waals surface area contributed by atoms with Gasteiger partial charge < -0.3 is 9.47 Å². The molecule has 0 saturated carbocycles. The second-order valence-corrected chi connectivity index (χ2v) is 3.56. The highest BCUT2D eigenvalue weighted by atomic mass is 16.6. The highest BCUT2D eigenvalue weighted by Crippen LogP contribution is 2.27. The van der Waals surface area contributed by atoms with Crippen molar-refractivity contribution in [2.45, 2.75) is 27.2 Å². The predicted octanol–water partition coefficient (Wildman–Crippen LogP) is 3.35. The number of ether oxygens (including phenoxy) is 2. The lowest BCUT2D eigenvalue weighted by Crippen LogP contribution is -2.10. The first kappa shape index (κ1) is 13.3. The second-order valence-electron chi connectivity index (χ2n) is 3.56. The van der Waals surface area contributed by atoms with E-state index < -0.39 is 0 Å². The molecule has 92 valence electrons. The fourth-order valence-electron chi connectivity index (χ4n) is 1.38. The van der Waals surface area contributed by atoms with Crippen molar-refractivity contribution in [3.63, 3.8) is 0 Å². The second kappa shape index (κ2) is 6.74. The number of rotatable bonds is 5. The lowest BCUT2D eigenvalue weighted by atomic mass is 10.2. The number of hydrogen-bond donors (Lipinski definition) is 0. The molecule has 0 aliphatic rings. The van der Waals surface area contributed by atoms with Gasteiger partial charge in [-0.2, -0.15) is 0 Å². The molecular formula is C14H18O3. The quantitative estimate of drug-likeness (QED) is 0.445. The average Bonchev–Trinajstić information content (AvgIpc) is 2.32. The fourth-order valence-corrected chi connectivity index (χ4v) is 1.38. The minimum atomic E-state index is -0.334. The van der Waals surface area contributed by atoms with Crippen LogP contribution in [0.25, 0.3) is 0 Å². The smallest absolute Gasteiger partial charge is 0.338 e. The molecule has 0 atom stereocenters. The van der Waals surface area contributed by atoms with Crippen LogP contribution in [0.3, 0.4) is 0 Å². The van der Waals surface area contributed by atoms with Crippen molar-refractivity contribution in [1.29, 1.82) is 0 Å². The van der Waals surface area contributed by atoms with Crippen molar-refractivity contribution in [3.05, 3.63) is 35.9 Å². The van der Waals surface area contributed by atoms with E-state index in [4.69, 9.17) is 9.47 Å². The van der Waals surface area contributed by atoms with Crippen molar-refractivity contribution in [3.8, 4) is 11.5 Å². The van der Waals surface area contributed by atoms with Crippen LogP contribution in [-0.4, -0.2) is 12.6 Å². The number of carbonyl (C=O) groups is 1. The van der Waals surface area contributed by atoms with Crippen LogP contribution in [0.2, 0.25) is 0 Å². The Bertz CT molecular complexity index is 408. The summed E-state index contributed by atoms with van der Waals surface area (Å²) < 4.78 is 10.7. The molecule has 0 aliphatic carbocycles. The molecule has 0 aliphatic heterocycles. The van der Waals surface area contributed by atoms with Crippen LogP contribution >= 0.6 is 0 Å². The Hall–Kier alpha value is -1.77. The van der Waals surface area contributed by atoms with Crippen LogP contribution in [-0.2, 0) is 4.79 Å². The Morgan fingerprint density at radius 2 is 1.88 bits per heavy atom. The number of para-hydroxylation sites is 2. The van der Waals surface area contributed by atoms with Crippen LogP contribution in [0.5, 0.6) is 11.5 Å². The SMILES string of the molecule is CCC=C(C)C(=O)Oc1ccccc1OCC. The van der Waals surface area contributed by atoms with Crippen molar-refractivity contribution < 1.29 is 14.3 Å². The molecular weight excluding hydrogens is 216 g/mol. The summed E-state index contributed by atoms with van der Waals surface area (Å²) in [5.74, 6) is 0.717. The van der Waals surface area contributed by atoms with Crippen LogP contribution in [0.4, 0.5) is 0 Å². The number of allylic oxidation sites excluding steroid dienone is 1. The third-order valence-electron chi connectivity index (χ3n) is 2.18. The first-order valence-corrected chi connectivity index (χ1v) is 5.79. The Labute approximate surface area is 102 Å². The maximum absolute atomic E-state index is 11.7. The molecule has 0 spiro atoms. The molecule has 0 fully saturated rings. The summed E-state index contributed by atoms with van der Waals surface area (Å²) in [7, 11) is 0. The van der Waals surface area contributed by atoms with E-state index >= 15 is 0 Å². The van der Waals surface area contributed by atoms with E-state index in [1.807, 2.05) is 32.1 Å². The van der Waals surface area contributed by atoms with Crippen molar-refractivity contribution in [1.82, 2.24) is 0 Å². The van der Waals surface area contributed by atoms with Crippen molar-refractivity contribution >= 4 is 5.97 Å². The van der Waals surface area contributed by atoms with Gasteiger partial charge >= 0.3 is 5.97 Å². The normalized spacial score (nSPS) is 11.1.